The molecular weight excluding hydrogens is 244 g/mol. The van der Waals surface area contributed by atoms with E-state index in [1.54, 1.807) is 0 Å². The number of hydrogen-bond donors (Lipinski definition) is 0. The van der Waals surface area contributed by atoms with Gasteiger partial charge in [0.05, 0.1) is 5.75 Å². The smallest absolute Gasteiger partial charge is 0.305 e. The molecule has 1 aliphatic heterocycles. The SMILES string of the molecule is CCCCC(=O)OCC1OC(OC(C)=O)CS1. The van der Waals surface area contributed by atoms with Crippen LogP contribution in [0.15, 0.2) is 0 Å². The summed E-state index contributed by atoms with van der Waals surface area (Å²) in [6.45, 7) is 3.57. The van der Waals surface area contributed by atoms with Crippen LogP contribution < -0.4 is 0 Å². The fraction of sp³-hybridized carbons (Fsp3) is 0.818. The highest BCUT2D eigenvalue weighted by Gasteiger charge is 2.28. The summed E-state index contributed by atoms with van der Waals surface area (Å²) in [6, 6.07) is 0. The lowest BCUT2D eigenvalue weighted by Gasteiger charge is -2.12. The number of carbonyl (C=O) groups excluding carboxylic acids is 2. The van der Waals surface area contributed by atoms with Gasteiger partial charge >= 0.3 is 11.9 Å². The van der Waals surface area contributed by atoms with E-state index in [9.17, 15) is 9.59 Å². The van der Waals surface area contributed by atoms with E-state index in [0.717, 1.165) is 12.8 Å². The first-order valence-electron chi connectivity index (χ1n) is 5.71. The van der Waals surface area contributed by atoms with Crippen molar-refractivity contribution in [3.8, 4) is 0 Å². The molecule has 0 aromatic carbocycles. The molecule has 1 heterocycles. The zero-order chi connectivity index (χ0) is 12.7. The Balaban J connectivity index is 2.13. The number of hydrogen-bond acceptors (Lipinski definition) is 6. The molecule has 5 nitrogen and oxygen atoms in total. The van der Waals surface area contributed by atoms with E-state index < -0.39 is 6.29 Å². The molecule has 6 heteroatoms. The first kappa shape index (κ1) is 14.3. The molecule has 0 aromatic rings. The molecule has 0 radical (unpaired) electrons. The van der Waals surface area contributed by atoms with Gasteiger partial charge in [0.2, 0.25) is 6.29 Å². The van der Waals surface area contributed by atoms with Crippen LogP contribution >= 0.6 is 11.8 Å². The maximum atomic E-state index is 11.2. The zero-order valence-electron chi connectivity index (χ0n) is 10.1. The van der Waals surface area contributed by atoms with E-state index in [2.05, 4.69) is 0 Å². The minimum atomic E-state index is -0.517. The largest absolute Gasteiger partial charge is 0.462 e. The highest BCUT2D eigenvalue weighted by atomic mass is 32.2. The van der Waals surface area contributed by atoms with Gasteiger partial charge in [0.1, 0.15) is 12.0 Å². The van der Waals surface area contributed by atoms with E-state index in [1.807, 2.05) is 6.92 Å². The fourth-order valence-corrected chi connectivity index (χ4v) is 2.21. The Bertz CT molecular complexity index is 269. The molecule has 1 aliphatic rings. The van der Waals surface area contributed by atoms with E-state index in [-0.39, 0.29) is 24.0 Å². The highest BCUT2D eigenvalue weighted by Crippen LogP contribution is 2.26. The van der Waals surface area contributed by atoms with Gasteiger partial charge in [-0.2, -0.15) is 0 Å². The molecule has 0 amide bonds. The summed E-state index contributed by atoms with van der Waals surface area (Å²) in [5.74, 6) is 0.0136. The van der Waals surface area contributed by atoms with Crippen LogP contribution in [0.3, 0.4) is 0 Å². The standard InChI is InChI=1S/C11H18O5S/c1-3-4-5-9(13)14-6-11-16-10(7-17-11)15-8(2)12/h10-11H,3-7H2,1-2H3. The van der Waals surface area contributed by atoms with E-state index >= 15 is 0 Å². The summed E-state index contributed by atoms with van der Waals surface area (Å²) in [7, 11) is 0. The minimum absolute atomic E-state index is 0.202. The number of carbonyl (C=O) groups is 2. The van der Waals surface area contributed by atoms with Gasteiger partial charge in [0.15, 0.2) is 0 Å². The van der Waals surface area contributed by atoms with Gasteiger partial charge in [0, 0.05) is 13.3 Å². The Kier molecular flexibility index (Phi) is 6.36. The number of rotatable bonds is 6. The Morgan fingerprint density at radius 1 is 1.47 bits per heavy atom. The van der Waals surface area contributed by atoms with Gasteiger partial charge < -0.3 is 14.2 Å². The highest BCUT2D eigenvalue weighted by molar-refractivity contribution is 8.00. The average molecular weight is 262 g/mol. The maximum absolute atomic E-state index is 11.2. The zero-order valence-corrected chi connectivity index (χ0v) is 11.0. The first-order valence-corrected chi connectivity index (χ1v) is 6.76. The van der Waals surface area contributed by atoms with Crippen molar-refractivity contribution in [1.82, 2.24) is 0 Å². The van der Waals surface area contributed by atoms with E-state index in [1.165, 1.54) is 18.7 Å². The quantitative estimate of drug-likeness (QED) is 0.679. The topological polar surface area (TPSA) is 61.8 Å². The van der Waals surface area contributed by atoms with Crippen LogP contribution in [0.1, 0.15) is 33.1 Å². The van der Waals surface area contributed by atoms with Crippen LogP contribution in [0.5, 0.6) is 0 Å². The summed E-state index contributed by atoms with van der Waals surface area (Å²) >= 11 is 1.48. The molecule has 1 rings (SSSR count). The minimum Gasteiger partial charge on any atom is -0.462 e. The van der Waals surface area contributed by atoms with Gasteiger partial charge in [-0.1, -0.05) is 13.3 Å². The average Bonchev–Trinajstić information content (AvgIpc) is 2.70. The molecule has 2 atom stereocenters. The molecule has 2 unspecified atom stereocenters. The lowest BCUT2D eigenvalue weighted by atomic mass is 10.2. The molecule has 1 fully saturated rings. The van der Waals surface area contributed by atoms with E-state index in [4.69, 9.17) is 14.2 Å². The van der Waals surface area contributed by atoms with Crippen molar-refractivity contribution < 1.29 is 23.8 Å². The summed E-state index contributed by atoms with van der Waals surface area (Å²) in [5, 5.41) is 0. The van der Waals surface area contributed by atoms with Gasteiger partial charge in [-0.15, -0.1) is 11.8 Å². The summed E-state index contributed by atoms with van der Waals surface area (Å²) in [5.41, 5.74) is -0.232. The summed E-state index contributed by atoms with van der Waals surface area (Å²) in [4.78, 5) is 21.9. The molecule has 0 N–H and O–H groups in total. The summed E-state index contributed by atoms with van der Waals surface area (Å²) in [6.07, 6.45) is 1.74. The van der Waals surface area contributed by atoms with Crippen molar-refractivity contribution in [2.24, 2.45) is 0 Å². The molecule has 0 spiro atoms. The van der Waals surface area contributed by atoms with Crippen LogP contribution in [-0.4, -0.2) is 36.0 Å². The van der Waals surface area contributed by atoms with Crippen molar-refractivity contribution in [2.75, 3.05) is 12.4 Å². The third-order valence-corrected chi connectivity index (χ3v) is 3.22. The molecule has 0 aliphatic carbocycles. The second kappa shape index (κ2) is 7.55. The second-order valence-electron chi connectivity index (χ2n) is 3.72. The van der Waals surface area contributed by atoms with Crippen molar-refractivity contribution in [1.29, 1.82) is 0 Å². The number of esters is 2. The van der Waals surface area contributed by atoms with Crippen LogP contribution in [-0.2, 0) is 23.8 Å². The molecular formula is C11H18O5S. The van der Waals surface area contributed by atoms with E-state index in [0.29, 0.717) is 12.2 Å². The van der Waals surface area contributed by atoms with Crippen LogP contribution in [0.25, 0.3) is 0 Å². The number of ether oxygens (including phenoxy) is 3. The molecule has 0 aromatic heterocycles. The number of unbranched alkanes of at least 4 members (excludes halogenated alkanes) is 1. The van der Waals surface area contributed by atoms with Gasteiger partial charge in [-0.25, -0.2) is 0 Å². The Hall–Kier alpha value is -0.750. The predicted octanol–water partition coefficient (Wildman–Crippen LogP) is 1.70. The lowest BCUT2D eigenvalue weighted by molar-refractivity contribution is -0.175. The second-order valence-corrected chi connectivity index (χ2v) is 4.92. The maximum Gasteiger partial charge on any atom is 0.305 e. The molecule has 1 saturated heterocycles. The monoisotopic (exact) mass is 262 g/mol. The fourth-order valence-electron chi connectivity index (χ4n) is 1.32. The van der Waals surface area contributed by atoms with Crippen molar-refractivity contribution in [2.45, 2.75) is 44.8 Å². The Morgan fingerprint density at radius 3 is 2.88 bits per heavy atom. The van der Waals surface area contributed by atoms with Gasteiger partial charge in [-0.3, -0.25) is 9.59 Å². The predicted molar refractivity (Wildman–Crippen MR) is 63.4 cm³/mol. The molecule has 98 valence electrons. The first-order chi connectivity index (χ1) is 8.11. The van der Waals surface area contributed by atoms with Crippen molar-refractivity contribution >= 4 is 23.7 Å². The normalized spacial score (nSPS) is 23.4. The third-order valence-electron chi connectivity index (χ3n) is 2.13. The third kappa shape index (κ3) is 5.93. The van der Waals surface area contributed by atoms with Crippen LogP contribution in [0.2, 0.25) is 0 Å². The Morgan fingerprint density at radius 2 is 2.24 bits per heavy atom. The van der Waals surface area contributed by atoms with Crippen LogP contribution in [0.4, 0.5) is 0 Å². The van der Waals surface area contributed by atoms with Crippen molar-refractivity contribution in [3.63, 3.8) is 0 Å². The summed E-state index contributed by atoms with van der Waals surface area (Å²) < 4.78 is 15.3. The molecule has 17 heavy (non-hydrogen) atoms. The van der Waals surface area contributed by atoms with Crippen molar-refractivity contribution in [3.05, 3.63) is 0 Å². The molecule has 0 saturated carbocycles. The Labute approximate surface area is 105 Å². The number of thioether (sulfide) groups is 1. The van der Waals surface area contributed by atoms with Gasteiger partial charge in [0.25, 0.3) is 0 Å². The van der Waals surface area contributed by atoms with Crippen LogP contribution in [0, 0.1) is 0 Å². The van der Waals surface area contributed by atoms with Gasteiger partial charge in [-0.05, 0) is 6.42 Å². The lowest BCUT2D eigenvalue weighted by Crippen LogP contribution is -2.22. The molecule has 0 bridgehead atoms.